The zero-order valence-electron chi connectivity index (χ0n) is 19.7. The Morgan fingerprint density at radius 1 is 0.733 bits per heavy atom. The number of hydrogen-bond acceptors (Lipinski definition) is 4. The Morgan fingerprint density at radius 2 is 1.10 bits per heavy atom. The van der Waals surface area contributed by atoms with E-state index in [0.717, 1.165) is 64.2 Å². The van der Waals surface area contributed by atoms with Crippen molar-refractivity contribution in [3.05, 3.63) is 12.2 Å². The molecule has 0 aromatic carbocycles. The van der Waals surface area contributed by atoms with E-state index in [9.17, 15) is 19.8 Å². The highest BCUT2D eigenvalue weighted by molar-refractivity contribution is 5.88. The minimum atomic E-state index is -0.0613. The first-order valence-corrected chi connectivity index (χ1v) is 12.1. The monoisotopic (exact) mass is 420 g/mol. The zero-order valence-corrected chi connectivity index (χ0v) is 19.7. The quantitative estimate of drug-likeness (QED) is 0.430. The van der Waals surface area contributed by atoms with E-state index in [1.165, 1.54) is 0 Å². The van der Waals surface area contributed by atoms with Crippen LogP contribution >= 0.6 is 0 Å². The minimum Gasteiger partial charge on any atom is -0.396 e. The summed E-state index contributed by atoms with van der Waals surface area (Å²) in [6, 6.07) is 0. The molecule has 4 nitrogen and oxygen atoms in total. The van der Waals surface area contributed by atoms with Gasteiger partial charge in [-0.3, -0.25) is 9.59 Å². The summed E-state index contributed by atoms with van der Waals surface area (Å²) < 4.78 is 0. The zero-order chi connectivity index (χ0) is 22.4. The van der Waals surface area contributed by atoms with Gasteiger partial charge in [0.05, 0.1) is 0 Å². The van der Waals surface area contributed by atoms with Gasteiger partial charge < -0.3 is 10.2 Å². The Kier molecular flexibility index (Phi) is 9.30. The summed E-state index contributed by atoms with van der Waals surface area (Å²) in [6.07, 6.45) is 13.5. The van der Waals surface area contributed by atoms with Crippen LogP contribution in [0.1, 0.15) is 91.9 Å². The normalized spacial score (nSPS) is 28.2. The maximum Gasteiger partial charge on any atom is 0.142 e. The van der Waals surface area contributed by atoms with E-state index in [4.69, 9.17) is 0 Å². The average Bonchev–Trinajstić information content (AvgIpc) is 3.23. The van der Waals surface area contributed by atoms with Crippen molar-refractivity contribution in [2.45, 2.75) is 91.9 Å². The number of ketones is 2. The molecular formula is C26H44O4. The van der Waals surface area contributed by atoms with Crippen LogP contribution in [0.25, 0.3) is 0 Å². The molecule has 4 atom stereocenters. The number of Topliss-reactive ketones (excluding diaryl/α,β-unsaturated/α-hetero) is 2. The standard InChI is InChI=1S/C26H44O4/c1-25(2,17-27)15-5-7-19-9-11-21(23(19)29)13-14-22-12-10-20(24(22)30)8-6-16-26(3,4)18-28/h13-14,19-22,27-28H,5-12,15-18H2,1-4H3. The molecule has 4 unspecified atom stereocenters. The molecule has 30 heavy (non-hydrogen) atoms. The van der Waals surface area contributed by atoms with Crippen LogP contribution in [0.5, 0.6) is 0 Å². The third-order valence-corrected chi connectivity index (χ3v) is 7.43. The topological polar surface area (TPSA) is 74.6 Å². The van der Waals surface area contributed by atoms with Gasteiger partial charge in [0, 0.05) is 36.9 Å². The third kappa shape index (κ3) is 7.30. The minimum absolute atomic E-state index is 0.0157. The fourth-order valence-electron chi connectivity index (χ4n) is 4.97. The Morgan fingerprint density at radius 3 is 1.43 bits per heavy atom. The highest BCUT2D eigenvalue weighted by Gasteiger charge is 2.35. The van der Waals surface area contributed by atoms with Crippen LogP contribution in [0.3, 0.4) is 0 Å². The Bertz CT molecular complexity index is 552. The van der Waals surface area contributed by atoms with Crippen LogP contribution in [0.2, 0.25) is 0 Å². The lowest BCUT2D eigenvalue weighted by Gasteiger charge is -2.22. The second kappa shape index (κ2) is 11.0. The van der Waals surface area contributed by atoms with Gasteiger partial charge in [0.2, 0.25) is 0 Å². The first kappa shape index (κ1) is 25.3. The van der Waals surface area contributed by atoms with Gasteiger partial charge in [-0.05, 0) is 62.2 Å². The SMILES string of the molecule is CC(C)(CO)CCCC1CCC(C=CC2CCC(CCCC(C)(C)CO)C2=O)C1=O. The van der Waals surface area contributed by atoms with E-state index >= 15 is 0 Å². The number of aliphatic hydroxyl groups excluding tert-OH is 2. The van der Waals surface area contributed by atoms with Crippen LogP contribution in [-0.2, 0) is 9.59 Å². The lowest BCUT2D eigenvalue weighted by atomic mass is 9.85. The smallest absolute Gasteiger partial charge is 0.142 e. The highest BCUT2D eigenvalue weighted by Crippen LogP contribution is 2.36. The maximum absolute atomic E-state index is 12.7. The van der Waals surface area contributed by atoms with E-state index in [1.807, 2.05) is 12.2 Å². The molecular weight excluding hydrogens is 376 g/mol. The van der Waals surface area contributed by atoms with Gasteiger partial charge >= 0.3 is 0 Å². The van der Waals surface area contributed by atoms with Crippen LogP contribution in [0.15, 0.2) is 12.2 Å². The lowest BCUT2D eigenvalue weighted by molar-refractivity contribution is -0.124. The van der Waals surface area contributed by atoms with Gasteiger partial charge in [-0.25, -0.2) is 0 Å². The van der Waals surface area contributed by atoms with Crippen molar-refractivity contribution in [3.63, 3.8) is 0 Å². The molecule has 2 rings (SSSR count). The van der Waals surface area contributed by atoms with Crippen LogP contribution in [0.4, 0.5) is 0 Å². The predicted molar refractivity (Wildman–Crippen MR) is 121 cm³/mol. The number of rotatable bonds is 12. The average molecular weight is 421 g/mol. The second-order valence-corrected chi connectivity index (χ2v) is 11.4. The Balaban J connectivity index is 1.75. The number of carbonyl (C=O) groups is 2. The van der Waals surface area contributed by atoms with E-state index in [2.05, 4.69) is 27.7 Å². The van der Waals surface area contributed by atoms with Crippen molar-refractivity contribution in [1.82, 2.24) is 0 Å². The molecule has 2 N–H and O–H groups in total. The van der Waals surface area contributed by atoms with Crippen LogP contribution < -0.4 is 0 Å². The molecule has 0 amide bonds. The van der Waals surface area contributed by atoms with Crippen molar-refractivity contribution in [1.29, 1.82) is 0 Å². The van der Waals surface area contributed by atoms with Gasteiger partial charge in [0.1, 0.15) is 11.6 Å². The number of aliphatic hydroxyl groups is 2. The molecule has 0 aromatic heterocycles. The summed E-state index contributed by atoms with van der Waals surface area (Å²) in [4.78, 5) is 25.5. The first-order valence-electron chi connectivity index (χ1n) is 12.1. The first-order chi connectivity index (χ1) is 14.1. The Hall–Kier alpha value is -1.00. The molecule has 0 aliphatic heterocycles. The summed E-state index contributed by atoms with van der Waals surface area (Å²) >= 11 is 0. The van der Waals surface area contributed by atoms with Crippen molar-refractivity contribution < 1.29 is 19.8 Å². The van der Waals surface area contributed by atoms with E-state index in [0.29, 0.717) is 11.6 Å². The van der Waals surface area contributed by atoms with Crippen LogP contribution in [0, 0.1) is 34.5 Å². The molecule has 2 aliphatic rings. The number of carbonyl (C=O) groups excluding carboxylic acids is 2. The second-order valence-electron chi connectivity index (χ2n) is 11.4. The summed E-state index contributed by atoms with van der Waals surface area (Å²) in [7, 11) is 0. The molecule has 2 saturated carbocycles. The van der Waals surface area contributed by atoms with Gasteiger partial charge in [0.25, 0.3) is 0 Å². The van der Waals surface area contributed by atoms with Gasteiger partial charge in [0.15, 0.2) is 0 Å². The molecule has 172 valence electrons. The third-order valence-electron chi connectivity index (χ3n) is 7.43. The van der Waals surface area contributed by atoms with Crippen molar-refractivity contribution in [2.24, 2.45) is 34.5 Å². The molecule has 2 aliphatic carbocycles. The molecule has 0 radical (unpaired) electrons. The number of allylic oxidation sites excluding steroid dienone is 2. The number of hydrogen-bond donors (Lipinski definition) is 2. The summed E-state index contributed by atoms with van der Waals surface area (Å²) in [6.45, 7) is 8.63. The molecule has 0 saturated heterocycles. The largest absolute Gasteiger partial charge is 0.396 e. The van der Waals surface area contributed by atoms with E-state index < -0.39 is 0 Å². The van der Waals surface area contributed by atoms with Crippen LogP contribution in [-0.4, -0.2) is 35.0 Å². The van der Waals surface area contributed by atoms with Gasteiger partial charge in [-0.1, -0.05) is 52.7 Å². The van der Waals surface area contributed by atoms with Crippen molar-refractivity contribution >= 4 is 11.6 Å². The fraction of sp³-hybridized carbons (Fsp3) is 0.846. The van der Waals surface area contributed by atoms with Crippen molar-refractivity contribution in [2.75, 3.05) is 13.2 Å². The predicted octanol–water partition coefficient (Wildman–Crippen LogP) is 5.11. The van der Waals surface area contributed by atoms with Gasteiger partial charge in [-0.15, -0.1) is 0 Å². The van der Waals surface area contributed by atoms with Gasteiger partial charge in [-0.2, -0.15) is 0 Å². The molecule has 0 spiro atoms. The molecule has 0 aromatic rings. The summed E-state index contributed by atoms with van der Waals surface area (Å²) in [5.74, 6) is 0.964. The van der Waals surface area contributed by atoms with Crippen molar-refractivity contribution in [3.8, 4) is 0 Å². The molecule has 2 fully saturated rings. The van der Waals surface area contributed by atoms with E-state index in [1.54, 1.807) is 0 Å². The fourth-order valence-corrected chi connectivity index (χ4v) is 4.97. The van der Waals surface area contributed by atoms with E-state index in [-0.39, 0.29) is 47.7 Å². The highest BCUT2D eigenvalue weighted by atomic mass is 16.3. The molecule has 4 heteroatoms. The summed E-state index contributed by atoms with van der Waals surface area (Å²) in [5, 5.41) is 18.7. The maximum atomic E-state index is 12.7. The lowest BCUT2D eigenvalue weighted by Crippen LogP contribution is -2.18. The summed E-state index contributed by atoms with van der Waals surface area (Å²) in [5.41, 5.74) is -0.123. The molecule has 0 bridgehead atoms. The molecule has 0 heterocycles. The Labute approximate surface area is 183 Å².